The molecule has 0 unspecified atom stereocenters. The summed E-state index contributed by atoms with van der Waals surface area (Å²) in [4.78, 5) is 32.0. The van der Waals surface area contributed by atoms with Crippen LogP contribution in [0.4, 0.5) is 24.7 Å². The van der Waals surface area contributed by atoms with Crippen molar-refractivity contribution in [3.8, 4) is 11.6 Å². The third-order valence-corrected chi connectivity index (χ3v) is 5.13. The number of aromatic nitrogens is 4. The lowest BCUT2D eigenvalue weighted by molar-refractivity contribution is -0.141. The molecule has 5 rings (SSSR count). The van der Waals surface area contributed by atoms with Gasteiger partial charge < -0.3 is 15.4 Å². The van der Waals surface area contributed by atoms with Crippen LogP contribution in [0.5, 0.6) is 11.6 Å². The maximum atomic E-state index is 13.2. The standard InChI is InChI=1S/C23H17F3N6O3/c24-23(25,26)20-16(5-2-10-27-20)22(34)28-14-3-1-4-15(11-14)35-19-9-8-18-29-17(12-32(18)31-19)30-21(33)13-6-7-13/h1-5,8-13H,6-7H2,(H,28,34)(H,30,33). The normalized spacial score (nSPS) is 13.5. The number of anilines is 2. The number of pyridine rings is 1. The van der Waals surface area contributed by atoms with Crippen molar-refractivity contribution in [2.75, 3.05) is 10.6 Å². The van der Waals surface area contributed by atoms with Crippen molar-refractivity contribution in [3.05, 3.63) is 72.2 Å². The minimum atomic E-state index is -4.77. The van der Waals surface area contributed by atoms with Gasteiger partial charge in [0.25, 0.3) is 5.91 Å². The summed E-state index contributed by atoms with van der Waals surface area (Å²) in [7, 11) is 0. The Morgan fingerprint density at radius 3 is 2.66 bits per heavy atom. The van der Waals surface area contributed by atoms with Crippen LogP contribution in [0.25, 0.3) is 5.65 Å². The van der Waals surface area contributed by atoms with E-state index in [4.69, 9.17) is 4.74 Å². The Morgan fingerprint density at radius 1 is 1.06 bits per heavy atom. The first-order valence-electron chi connectivity index (χ1n) is 10.5. The van der Waals surface area contributed by atoms with E-state index >= 15 is 0 Å². The molecule has 0 aliphatic heterocycles. The number of nitrogens with one attached hydrogen (secondary N) is 2. The fourth-order valence-corrected chi connectivity index (χ4v) is 3.32. The zero-order valence-corrected chi connectivity index (χ0v) is 17.9. The highest BCUT2D eigenvalue weighted by atomic mass is 19.4. The van der Waals surface area contributed by atoms with Crippen LogP contribution < -0.4 is 15.4 Å². The molecular formula is C23H17F3N6O3. The van der Waals surface area contributed by atoms with Gasteiger partial charge in [0.1, 0.15) is 5.75 Å². The fourth-order valence-electron chi connectivity index (χ4n) is 3.32. The van der Waals surface area contributed by atoms with Gasteiger partial charge in [-0.05, 0) is 43.2 Å². The Balaban J connectivity index is 1.30. The molecule has 1 aromatic carbocycles. The van der Waals surface area contributed by atoms with Crippen LogP contribution in [0, 0.1) is 5.92 Å². The lowest BCUT2D eigenvalue weighted by atomic mass is 10.1. The summed E-state index contributed by atoms with van der Waals surface area (Å²) < 4.78 is 46.7. The third-order valence-electron chi connectivity index (χ3n) is 5.13. The molecule has 12 heteroatoms. The van der Waals surface area contributed by atoms with E-state index in [1.807, 2.05) is 0 Å². The lowest BCUT2D eigenvalue weighted by Gasteiger charge is -2.12. The van der Waals surface area contributed by atoms with Crippen molar-refractivity contribution in [2.45, 2.75) is 19.0 Å². The number of imidazole rings is 1. The van der Waals surface area contributed by atoms with Crippen molar-refractivity contribution < 1.29 is 27.5 Å². The van der Waals surface area contributed by atoms with Gasteiger partial charge in [-0.1, -0.05) is 6.07 Å². The zero-order valence-electron chi connectivity index (χ0n) is 17.9. The molecule has 1 saturated carbocycles. The van der Waals surface area contributed by atoms with Crippen molar-refractivity contribution in [1.29, 1.82) is 0 Å². The van der Waals surface area contributed by atoms with Gasteiger partial charge >= 0.3 is 6.18 Å². The predicted molar refractivity (Wildman–Crippen MR) is 118 cm³/mol. The van der Waals surface area contributed by atoms with Gasteiger partial charge in [0, 0.05) is 29.9 Å². The molecule has 0 atom stereocenters. The number of benzene rings is 1. The molecule has 2 N–H and O–H groups in total. The van der Waals surface area contributed by atoms with E-state index in [2.05, 4.69) is 25.7 Å². The van der Waals surface area contributed by atoms with E-state index in [-0.39, 0.29) is 23.4 Å². The van der Waals surface area contributed by atoms with Crippen LogP contribution in [0.15, 0.2) is 60.9 Å². The number of nitrogens with zero attached hydrogens (tertiary/aromatic N) is 4. The molecule has 0 saturated heterocycles. The number of hydrogen-bond donors (Lipinski definition) is 2. The van der Waals surface area contributed by atoms with Crippen LogP contribution in [-0.4, -0.2) is 31.4 Å². The molecule has 178 valence electrons. The molecule has 0 spiro atoms. The summed E-state index contributed by atoms with van der Waals surface area (Å²) in [6.45, 7) is 0. The van der Waals surface area contributed by atoms with Crippen LogP contribution in [0.3, 0.4) is 0 Å². The highest BCUT2D eigenvalue weighted by Crippen LogP contribution is 2.31. The molecule has 4 aromatic rings. The molecule has 0 bridgehead atoms. The SMILES string of the molecule is O=C(Nc1cccc(Oc2ccc3nc(NC(=O)C4CC4)cn3n2)c1)c1cccnc1C(F)(F)F. The second-order valence-electron chi connectivity index (χ2n) is 7.85. The smallest absolute Gasteiger partial charge is 0.434 e. The summed E-state index contributed by atoms with van der Waals surface area (Å²) in [6.07, 6.45) is -0.480. The highest BCUT2D eigenvalue weighted by Gasteiger charge is 2.37. The number of alkyl halides is 3. The van der Waals surface area contributed by atoms with Crippen molar-refractivity contribution in [2.24, 2.45) is 5.92 Å². The topological polar surface area (TPSA) is 111 Å². The number of carbonyl (C=O) groups is 2. The average Bonchev–Trinajstić information content (AvgIpc) is 3.59. The van der Waals surface area contributed by atoms with E-state index in [9.17, 15) is 22.8 Å². The molecule has 0 radical (unpaired) electrons. The Kier molecular flexibility index (Phi) is 5.55. The van der Waals surface area contributed by atoms with Gasteiger partial charge in [0.2, 0.25) is 11.8 Å². The van der Waals surface area contributed by atoms with Gasteiger partial charge in [-0.25, -0.2) is 9.50 Å². The zero-order chi connectivity index (χ0) is 24.6. The molecule has 35 heavy (non-hydrogen) atoms. The maximum Gasteiger partial charge on any atom is 0.434 e. The molecule has 1 fully saturated rings. The largest absolute Gasteiger partial charge is 0.438 e. The van der Waals surface area contributed by atoms with E-state index < -0.39 is 23.3 Å². The van der Waals surface area contributed by atoms with Gasteiger partial charge in [-0.15, -0.1) is 5.10 Å². The number of hydrogen-bond acceptors (Lipinski definition) is 6. The van der Waals surface area contributed by atoms with Crippen molar-refractivity contribution >= 4 is 29.0 Å². The van der Waals surface area contributed by atoms with Crippen LogP contribution in [-0.2, 0) is 11.0 Å². The molecule has 3 heterocycles. The van der Waals surface area contributed by atoms with Gasteiger partial charge in [-0.2, -0.15) is 13.2 Å². The number of fused-ring (bicyclic) bond motifs is 1. The molecule has 3 aromatic heterocycles. The Morgan fingerprint density at radius 2 is 1.89 bits per heavy atom. The monoisotopic (exact) mass is 482 g/mol. The Labute approximate surface area is 196 Å². The number of ether oxygens (including phenoxy) is 1. The molecule has 1 aliphatic carbocycles. The molecule has 9 nitrogen and oxygen atoms in total. The quantitative estimate of drug-likeness (QED) is 0.418. The predicted octanol–water partition coefficient (Wildman–Crippen LogP) is 4.54. The second kappa shape index (κ2) is 8.70. The number of halogens is 3. The first-order chi connectivity index (χ1) is 16.8. The van der Waals surface area contributed by atoms with Crippen molar-refractivity contribution in [1.82, 2.24) is 19.6 Å². The summed E-state index contributed by atoms with van der Waals surface area (Å²) in [5.41, 5.74) is -1.14. The molecule has 1 aliphatic rings. The third kappa shape index (κ3) is 5.05. The Hall–Kier alpha value is -4.48. The van der Waals surface area contributed by atoms with Crippen molar-refractivity contribution in [3.63, 3.8) is 0 Å². The Bertz CT molecular complexity index is 1430. The van der Waals surface area contributed by atoms with Gasteiger partial charge in [-0.3, -0.25) is 14.6 Å². The number of amides is 2. The summed E-state index contributed by atoms with van der Waals surface area (Å²) in [5.74, 6) is -0.120. The first kappa shape index (κ1) is 22.3. The van der Waals surface area contributed by atoms with E-state index in [1.54, 1.807) is 30.5 Å². The van der Waals surface area contributed by atoms with Crippen LogP contribution in [0.1, 0.15) is 28.9 Å². The highest BCUT2D eigenvalue weighted by molar-refractivity contribution is 6.05. The second-order valence-corrected chi connectivity index (χ2v) is 7.85. The van der Waals surface area contributed by atoms with Crippen LogP contribution >= 0.6 is 0 Å². The van der Waals surface area contributed by atoms with E-state index in [0.29, 0.717) is 17.2 Å². The fraction of sp³-hybridized carbons (Fsp3) is 0.174. The minimum Gasteiger partial charge on any atom is -0.438 e. The van der Waals surface area contributed by atoms with Crippen LogP contribution in [0.2, 0.25) is 0 Å². The molecule has 2 amide bonds. The summed E-state index contributed by atoms with van der Waals surface area (Å²) in [6, 6.07) is 11.7. The lowest BCUT2D eigenvalue weighted by Crippen LogP contribution is -2.20. The molecular weight excluding hydrogens is 465 g/mol. The number of rotatable bonds is 6. The summed E-state index contributed by atoms with van der Waals surface area (Å²) >= 11 is 0. The minimum absolute atomic E-state index is 0.0395. The van der Waals surface area contributed by atoms with E-state index in [0.717, 1.165) is 25.1 Å². The van der Waals surface area contributed by atoms with E-state index in [1.165, 1.54) is 22.7 Å². The maximum absolute atomic E-state index is 13.2. The summed E-state index contributed by atoms with van der Waals surface area (Å²) in [5, 5.41) is 9.47. The first-order valence-corrected chi connectivity index (χ1v) is 10.5. The van der Waals surface area contributed by atoms with Gasteiger partial charge in [0.15, 0.2) is 17.2 Å². The van der Waals surface area contributed by atoms with Gasteiger partial charge in [0.05, 0.1) is 11.8 Å². The average molecular weight is 482 g/mol. The number of carbonyl (C=O) groups excluding carboxylic acids is 2.